The average Bonchev–Trinajstić information content (AvgIpc) is 2.46. The van der Waals surface area contributed by atoms with Crippen molar-refractivity contribution in [1.29, 1.82) is 0 Å². The van der Waals surface area contributed by atoms with Gasteiger partial charge in [0.2, 0.25) is 0 Å². The molecule has 18 heavy (non-hydrogen) atoms. The predicted molar refractivity (Wildman–Crippen MR) is 80.2 cm³/mol. The molecule has 0 heteroatoms. The highest BCUT2D eigenvalue weighted by Gasteiger charge is 1.96. The summed E-state index contributed by atoms with van der Waals surface area (Å²) in [4.78, 5) is 0. The van der Waals surface area contributed by atoms with Crippen LogP contribution in [0.5, 0.6) is 0 Å². The van der Waals surface area contributed by atoms with Crippen molar-refractivity contribution in [1.82, 2.24) is 0 Å². The summed E-state index contributed by atoms with van der Waals surface area (Å²) in [7, 11) is 0. The van der Waals surface area contributed by atoms with Gasteiger partial charge in [0.05, 0.1) is 0 Å². The molecule has 0 bridgehead atoms. The molecule has 0 aromatic heterocycles. The summed E-state index contributed by atoms with van der Waals surface area (Å²) in [5.74, 6) is 0. The molecule has 2 aromatic rings. The lowest BCUT2D eigenvalue weighted by molar-refractivity contribution is 1.38. The number of hydrogen-bond donors (Lipinski definition) is 0. The Morgan fingerprint density at radius 2 is 1.50 bits per heavy atom. The fraction of sp³-hybridized carbons (Fsp3) is 0.111. The Morgan fingerprint density at radius 3 is 2.11 bits per heavy atom. The zero-order chi connectivity index (χ0) is 12.6. The van der Waals surface area contributed by atoms with Gasteiger partial charge in [-0.15, -0.1) is 0 Å². The van der Waals surface area contributed by atoms with Gasteiger partial charge in [-0.1, -0.05) is 78.9 Å². The van der Waals surface area contributed by atoms with E-state index in [0.29, 0.717) is 0 Å². The van der Waals surface area contributed by atoms with Crippen LogP contribution in [0.3, 0.4) is 0 Å². The fourth-order valence-corrected chi connectivity index (χ4v) is 1.94. The largest absolute Gasteiger partial charge is 0.0835 e. The maximum Gasteiger partial charge on any atom is -0.00914 e. The van der Waals surface area contributed by atoms with Crippen LogP contribution in [0, 0.1) is 0 Å². The Kier molecular flexibility index (Phi) is 4.54. The average molecular weight is 234 g/mol. The number of hydrogen-bond acceptors (Lipinski definition) is 0. The molecule has 0 spiro atoms. The minimum absolute atomic E-state index is 0.968. The zero-order valence-electron chi connectivity index (χ0n) is 10.7. The van der Waals surface area contributed by atoms with E-state index in [1.165, 1.54) is 16.7 Å². The van der Waals surface area contributed by atoms with E-state index in [4.69, 9.17) is 0 Å². The zero-order valence-corrected chi connectivity index (χ0v) is 10.7. The first-order valence-electron chi connectivity index (χ1n) is 6.32. The summed E-state index contributed by atoms with van der Waals surface area (Å²) in [6, 6.07) is 20.9. The second kappa shape index (κ2) is 6.61. The van der Waals surface area contributed by atoms with Gasteiger partial charge in [0, 0.05) is 0 Å². The van der Waals surface area contributed by atoms with Crippen LogP contribution in [0.1, 0.15) is 24.5 Å². The predicted octanol–water partition coefficient (Wildman–Crippen LogP) is 5.19. The Labute approximate surface area is 109 Å². The van der Waals surface area contributed by atoms with Crippen molar-refractivity contribution in [2.45, 2.75) is 13.3 Å². The van der Waals surface area contributed by atoms with Gasteiger partial charge in [0.1, 0.15) is 0 Å². The van der Waals surface area contributed by atoms with Crippen LogP contribution in [-0.4, -0.2) is 0 Å². The molecule has 0 aliphatic heterocycles. The summed E-state index contributed by atoms with van der Waals surface area (Å²) in [6.07, 6.45) is 7.55. The molecule has 0 atom stereocenters. The van der Waals surface area contributed by atoms with Crippen LogP contribution in [0.2, 0.25) is 0 Å². The molecule has 90 valence electrons. The van der Waals surface area contributed by atoms with Crippen molar-refractivity contribution in [2.75, 3.05) is 0 Å². The van der Waals surface area contributed by atoms with E-state index >= 15 is 0 Å². The molecule has 0 amide bonds. The number of rotatable bonds is 4. The SMILES string of the molecule is CC=C(C/C=C/c1ccccc1)c1ccccc1. The highest BCUT2D eigenvalue weighted by molar-refractivity contribution is 5.67. The standard InChI is InChI=1S/C18H18/c1-2-17(18-13-7-4-8-14-18)15-9-12-16-10-5-3-6-11-16/h2-14H,15H2,1H3/b12-9+,17-2?. The van der Waals surface area contributed by atoms with Gasteiger partial charge in [-0.3, -0.25) is 0 Å². The second-order valence-electron chi connectivity index (χ2n) is 4.20. The molecule has 0 radical (unpaired) electrons. The lowest BCUT2D eigenvalue weighted by Crippen LogP contribution is -1.81. The van der Waals surface area contributed by atoms with Gasteiger partial charge in [0.15, 0.2) is 0 Å². The first-order valence-corrected chi connectivity index (χ1v) is 6.32. The maximum absolute atomic E-state index is 2.22. The van der Waals surface area contributed by atoms with Gasteiger partial charge in [-0.2, -0.15) is 0 Å². The quantitative estimate of drug-likeness (QED) is 0.682. The van der Waals surface area contributed by atoms with Crippen molar-refractivity contribution < 1.29 is 0 Å². The lowest BCUT2D eigenvalue weighted by Gasteiger charge is -2.03. The Balaban J connectivity index is 2.03. The monoisotopic (exact) mass is 234 g/mol. The summed E-state index contributed by atoms with van der Waals surface area (Å²) in [6.45, 7) is 2.10. The Morgan fingerprint density at radius 1 is 0.889 bits per heavy atom. The molecule has 0 aliphatic rings. The minimum Gasteiger partial charge on any atom is -0.0835 e. The van der Waals surface area contributed by atoms with Gasteiger partial charge < -0.3 is 0 Å². The Hall–Kier alpha value is -2.08. The number of benzene rings is 2. The summed E-state index contributed by atoms with van der Waals surface area (Å²) >= 11 is 0. The van der Waals surface area contributed by atoms with Crippen LogP contribution < -0.4 is 0 Å². The van der Waals surface area contributed by atoms with Gasteiger partial charge >= 0.3 is 0 Å². The molecule has 0 saturated carbocycles. The van der Waals surface area contributed by atoms with Gasteiger partial charge in [-0.25, -0.2) is 0 Å². The van der Waals surface area contributed by atoms with Crippen LogP contribution >= 0.6 is 0 Å². The summed E-state index contributed by atoms with van der Waals surface area (Å²) in [5, 5.41) is 0. The molecule has 0 aliphatic carbocycles. The van der Waals surface area contributed by atoms with E-state index < -0.39 is 0 Å². The smallest absolute Gasteiger partial charge is 0.00914 e. The summed E-state index contributed by atoms with van der Waals surface area (Å²) < 4.78 is 0. The van der Waals surface area contributed by atoms with Crippen molar-refractivity contribution >= 4 is 11.6 Å². The van der Waals surface area contributed by atoms with E-state index in [1.807, 2.05) is 6.07 Å². The van der Waals surface area contributed by atoms with Crippen LogP contribution in [0.25, 0.3) is 11.6 Å². The molecular weight excluding hydrogens is 216 g/mol. The molecule has 2 aromatic carbocycles. The molecule has 2 rings (SSSR count). The second-order valence-corrected chi connectivity index (χ2v) is 4.20. The maximum atomic E-state index is 2.22. The van der Waals surface area contributed by atoms with E-state index in [0.717, 1.165) is 6.42 Å². The van der Waals surface area contributed by atoms with E-state index in [2.05, 4.69) is 79.7 Å². The third-order valence-electron chi connectivity index (χ3n) is 2.94. The van der Waals surface area contributed by atoms with Crippen LogP contribution in [-0.2, 0) is 0 Å². The molecular formula is C18H18. The number of allylic oxidation sites excluding steroid dienone is 3. The fourth-order valence-electron chi connectivity index (χ4n) is 1.94. The van der Waals surface area contributed by atoms with Crippen molar-refractivity contribution in [3.63, 3.8) is 0 Å². The lowest BCUT2D eigenvalue weighted by atomic mass is 10.0. The Bertz CT molecular complexity index is 518. The molecule has 0 N–H and O–H groups in total. The van der Waals surface area contributed by atoms with Crippen LogP contribution in [0.4, 0.5) is 0 Å². The third-order valence-corrected chi connectivity index (χ3v) is 2.94. The highest BCUT2D eigenvalue weighted by Crippen LogP contribution is 2.18. The van der Waals surface area contributed by atoms with E-state index in [-0.39, 0.29) is 0 Å². The van der Waals surface area contributed by atoms with Crippen molar-refractivity contribution in [3.05, 3.63) is 83.9 Å². The highest BCUT2D eigenvalue weighted by atomic mass is 14.0. The van der Waals surface area contributed by atoms with E-state index in [9.17, 15) is 0 Å². The first-order chi connectivity index (χ1) is 8.90. The minimum atomic E-state index is 0.968. The topological polar surface area (TPSA) is 0 Å². The molecule has 0 nitrogen and oxygen atoms in total. The van der Waals surface area contributed by atoms with Crippen molar-refractivity contribution in [2.24, 2.45) is 0 Å². The van der Waals surface area contributed by atoms with Crippen LogP contribution in [0.15, 0.2) is 72.8 Å². The normalized spacial score (nSPS) is 11.9. The van der Waals surface area contributed by atoms with E-state index in [1.54, 1.807) is 0 Å². The molecule has 0 unspecified atom stereocenters. The molecule has 0 saturated heterocycles. The first kappa shape index (κ1) is 12.4. The van der Waals surface area contributed by atoms with Gasteiger partial charge in [0.25, 0.3) is 0 Å². The summed E-state index contributed by atoms with van der Waals surface area (Å²) in [5.41, 5.74) is 3.92. The third kappa shape index (κ3) is 3.46. The van der Waals surface area contributed by atoms with Crippen molar-refractivity contribution in [3.8, 4) is 0 Å². The van der Waals surface area contributed by atoms with Gasteiger partial charge in [-0.05, 0) is 30.0 Å². The molecule has 0 fully saturated rings. The molecule has 0 heterocycles.